The summed E-state index contributed by atoms with van der Waals surface area (Å²) in [6.07, 6.45) is 3.42. The van der Waals surface area contributed by atoms with Gasteiger partial charge in [-0.05, 0) is 30.7 Å². The fraction of sp³-hybridized carbons (Fsp3) is 0.600. The van der Waals surface area contributed by atoms with Gasteiger partial charge in [0.25, 0.3) is 0 Å². The monoisotopic (exact) mass is 422 g/mol. The molecule has 2 aromatic rings. The molecule has 160 valence electrons. The maximum Gasteiger partial charge on any atom is 0.216 e. The summed E-state index contributed by atoms with van der Waals surface area (Å²) in [6.45, 7) is 4.59. The molecule has 1 aliphatic rings. The van der Waals surface area contributed by atoms with Crippen LogP contribution in [0.1, 0.15) is 50.3 Å². The summed E-state index contributed by atoms with van der Waals surface area (Å²) in [5.74, 6) is 0.245. The van der Waals surface area contributed by atoms with Crippen LogP contribution in [0.15, 0.2) is 36.5 Å². The molecule has 0 aliphatic carbocycles. The van der Waals surface area contributed by atoms with Crippen molar-refractivity contribution in [3.63, 3.8) is 0 Å². The molecule has 0 saturated carbocycles. The minimum atomic E-state index is -3.52. The van der Waals surface area contributed by atoms with Crippen LogP contribution in [-0.2, 0) is 27.1 Å². The minimum absolute atomic E-state index is 0.0475. The number of nitrogens with one attached hydrogen (secondary N) is 1. The van der Waals surface area contributed by atoms with Crippen molar-refractivity contribution in [1.82, 2.24) is 19.7 Å². The lowest BCUT2D eigenvalue weighted by Crippen LogP contribution is -2.51. The maximum atomic E-state index is 12.5. The van der Waals surface area contributed by atoms with Crippen LogP contribution in [0.4, 0.5) is 0 Å². The van der Waals surface area contributed by atoms with E-state index in [1.54, 1.807) is 16.8 Å². The molecule has 0 spiro atoms. The van der Waals surface area contributed by atoms with E-state index in [4.69, 9.17) is 4.74 Å². The molecular weight excluding hydrogens is 392 g/mol. The number of hydrogen-bond donors (Lipinski definition) is 2. The summed E-state index contributed by atoms with van der Waals surface area (Å²) in [5.41, 5.74) is 1.68. The Morgan fingerprint density at radius 3 is 2.69 bits per heavy atom. The van der Waals surface area contributed by atoms with E-state index < -0.39 is 22.2 Å². The van der Waals surface area contributed by atoms with Gasteiger partial charge in [-0.25, -0.2) is 13.1 Å². The highest BCUT2D eigenvalue weighted by molar-refractivity contribution is 7.88. The molecule has 1 aliphatic heterocycles. The molecule has 0 amide bonds. The van der Waals surface area contributed by atoms with Crippen molar-refractivity contribution in [3.8, 4) is 0 Å². The van der Waals surface area contributed by atoms with Gasteiger partial charge < -0.3 is 9.84 Å². The maximum absolute atomic E-state index is 12.5. The number of aliphatic hydroxyl groups is 1. The van der Waals surface area contributed by atoms with Gasteiger partial charge in [-0.2, -0.15) is 0 Å². The number of ether oxygens (including phenoxy) is 1. The van der Waals surface area contributed by atoms with Gasteiger partial charge in [-0.15, -0.1) is 5.10 Å². The first-order valence-electron chi connectivity index (χ1n) is 10.1. The Bertz CT molecular complexity index is 870. The number of aromatic nitrogens is 3. The van der Waals surface area contributed by atoms with E-state index in [1.165, 1.54) is 0 Å². The lowest BCUT2D eigenvalue weighted by atomic mass is 9.98. The molecule has 1 saturated heterocycles. The zero-order valence-corrected chi connectivity index (χ0v) is 17.8. The standard InChI is InChI=1S/C20H30N4O4S/c1-15(2)19-12-24(23-21-19)11-10-17-8-9-18(20(13-25)28-17)22-29(26,27)14-16-6-4-3-5-7-16/h3-7,12,15,17-18,20,22,25H,8-11,13-14H2,1-2H3/t17-,18-,20+/m1/s1. The van der Waals surface area contributed by atoms with Gasteiger partial charge in [0.2, 0.25) is 10.0 Å². The van der Waals surface area contributed by atoms with Crippen molar-refractivity contribution in [1.29, 1.82) is 0 Å². The van der Waals surface area contributed by atoms with E-state index in [0.717, 1.165) is 24.1 Å². The molecule has 1 fully saturated rings. The summed E-state index contributed by atoms with van der Waals surface area (Å²) < 4.78 is 35.5. The zero-order valence-electron chi connectivity index (χ0n) is 16.9. The number of aliphatic hydroxyl groups excluding tert-OH is 1. The van der Waals surface area contributed by atoms with Crippen LogP contribution < -0.4 is 4.72 Å². The van der Waals surface area contributed by atoms with Gasteiger partial charge in [-0.1, -0.05) is 49.4 Å². The molecule has 8 nitrogen and oxygen atoms in total. The van der Waals surface area contributed by atoms with E-state index in [1.807, 2.05) is 24.4 Å². The van der Waals surface area contributed by atoms with Crippen molar-refractivity contribution >= 4 is 10.0 Å². The third-order valence-corrected chi connectivity index (χ3v) is 6.53. The summed E-state index contributed by atoms with van der Waals surface area (Å²) >= 11 is 0. The summed E-state index contributed by atoms with van der Waals surface area (Å²) in [5, 5.41) is 18.0. The Balaban J connectivity index is 1.52. The molecular formula is C20H30N4O4S. The van der Waals surface area contributed by atoms with Crippen LogP contribution in [0, 0.1) is 0 Å². The number of rotatable bonds is 9. The number of benzene rings is 1. The lowest BCUT2D eigenvalue weighted by molar-refractivity contribution is -0.0891. The van der Waals surface area contributed by atoms with Gasteiger partial charge >= 0.3 is 0 Å². The smallest absolute Gasteiger partial charge is 0.216 e. The first-order chi connectivity index (χ1) is 13.9. The fourth-order valence-corrected chi connectivity index (χ4v) is 4.95. The number of sulfonamides is 1. The Kier molecular flexibility index (Phi) is 7.39. The molecule has 1 aromatic carbocycles. The second kappa shape index (κ2) is 9.80. The highest BCUT2D eigenvalue weighted by atomic mass is 32.2. The van der Waals surface area contributed by atoms with Crippen LogP contribution >= 0.6 is 0 Å². The quantitative estimate of drug-likeness (QED) is 0.638. The SMILES string of the molecule is CC(C)c1cn(CC[C@H]2CC[C@@H](NS(=O)(=O)Cc3ccccc3)[C@H](CO)O2)nn1. The van der Waals surface area contributed by atoms with Crippen LogP contribution in [0.2, 0.25) is 0 Å². The molecule has 0 radical (unpaired) electrons. The molecule has 3 atom stereocenters. The molecule has 9 heteroatoms. The van der Waals surface area contributed by atoms with Gasteiger partial charge in [0, 0.05) is 12.7 Å². The van der Waals surface area contributed by atoms with E-state index in [2.05, 4.69) is 28.9 Å². The highest BCUT2D eigenvalue weighted by Crippen LogP contribution is 2.23. The van der Waals surface area contributed by atoms with Crippen LogP contribution in [-0.4, -0.2) is 53.4 Å². The largest absolute Gasteiger partial charge is 0.394 e. The highest BCUT2D eigenvalue weighted by Gasteiger charge is 2.33. The van der Waals surface area contributed by atoms with Crippen molar-refractivity contribution in [2.75, 3.05) is 6.61 Å². The normalized spacial score (nSPS) is 22.8. The van der Waals surface area contributed by atoms with Crippen molar-refractivity contribution < 1.29 is 18.3 Å². The second-order valence-corrected chi connectivity index (χ2v) is 9.63. The summed E-state index contributed by atoms with van der Waals surface area (Å²) in [6, 6.07) is 8.62. The van der Waals surface area contributed by atoms with Crippen LogP contribution in [0.5, 0.6) is 0 Å². The van der Waals surface area contributed by atoms with Crippen molar-refractivity contribution in [2.24, 2.45) is 0 Å². The zero-order chi connectivity index (χ0) is 20.9. The Hall–Kier alpha value is -1.81. The third-order valence-electron chi connectivity index (χ3n) is 5.15. The van der Waals surface area contributed by atoms with Gasteiger partial charge in [0.05, 0.1) is 36.3 Å². The molecule has 2 N–H and O–H groups in total. The Morgan fingerprint density at radius 1 is 1.28 bits per heavy atom. The molecule has 3 rings (SSSR count). The Morgan fingerprint density at radius 2 is 2.03 bits per heavy atom. The van der Waals surface area contributed by atoms with Gasteiger partial charge in [0.1, 0.15) is 0 Å². The lowest BCUT2D eigenvalue weighted by Gasteiger charge is -2.36. The number of nitrogens with zero attached hydrogens (tertiary/aromatic N) is 3. The van der Waals surface area contributed by atoms with Crippen molar-refractivity contribution in [2.45, 2.75) is 69.6 Å². The average molecular weight is 423 g/mol. The predicted molar refractivity (Wildman–Crippen MR) is 110 cm³/mol. The molecule has 29 heavy (non-hydrogen) atoms. The molecule has 0 unspecified atom stereocenters. The van der Waals surface area contributed by atoms with Gasteiger partial charge in [-0.3, -0.25) is 4.68 Å². The second-order valence-electron chi connectivity index (χ2n) is 7.88. The average Bonchev–Trinajstić information content (AvgIpc) is 3.17. The predicted octanol–water partition coefficient (Wildman–Crippen LogP) is 1.82. The number of aryl methyl sites for hydroxylation is 1. The van der Waals surface area contributed by atoms with Crippen LogP contribution in [0.3, 0.4) is 0 Å². The molecule has 1 aromatic heterocycles. The van der Waals surface area contributed by atoms with Crippen molar-refractivity contribution in [3.05, 3.63) is 47.8 Å². The topological polar surface area (TPSA) is 106 Å². The first kappa shape index (κ1) is 21.9. The number of hydrogen-bond acceptors (Lipinski definition) is 6. The summed E-state index contributed by atoms with van der Waals surface area (Å²) in [4.78, 5) is 0. The minimum Gasteiger partial charge on any atom is -0.394 e. The van der Waals surface area contributed by atoms with E-state index in [0.29, 0.717) is 18.9 Å². The summed E-state index contributed by atoms with van der Waals surface area (Å²) in [7, 11) is -3.52. The Labute approximate surface area is 172 Å². The van der Waals surface area contributed by atoms with Crippen LogP contribution in [0.25, 0.3) is 0 Å². The van der Waals surface area contributed by atoms with E-state index >= 15 is 0 Å². The molecule has 0 bridgehead atoms. The molecule has 2 heterocycles. The van der Waals surface area contributed by atoms with Gasteiger partial charge in [0.15, 0.2) is 0 Å². The third kappa shape index (κ3) is 6.33. The fourth-order valence-electron chi connectivity index (χ4n) is 3.51. The van der Waals surface area contributed by atoms with E-state index in [-0.39, 0.29) is 18.5 Å². The van der Waals surface area contributed by atoms with E-state index in [9.17, 15) is 13.5 Å². The first-order valence-corrected chi connectivity index (χ1v) is 11.7.